The van der Waals surface area contributed by atoms with E-state index in [1.165, 1.54) is 10.8 Å². The van der Waals surface area contributed by atoms with E-state index < -0.39 is 42.0 Å². The Kier molecular flexibility index (Phi) is 3.85. The number of rotatable bonds is 4. The Morgan fingerprint density at radius 3 is 2.93 bits per heavy atom. The van der Waals surface area contributed by atoms with E-state index in [0.29, 0.717) is 11.2 Å². The summed E-state index contributed by atoms with van der Waals surface area (Å²) in [5.41, 5.74) is 4.29. The molecule has 0 spiro atoms. The van der Waals surface area contributed by atoms with Gasteiger partial charge in [-0.15, -0.1) is 0 Å². The van der Waals surface area contributed by atoms with Crippen molar-refractivity contribution in [1.29, 1.82) is 0 Å². The number of nitrogens with two attached hydrogens (primary N) is 1. The Hall–Kier alpha value is -2.74. The van der Waals surface area contributed by atoms with E-state index in [1.54, 1.807) is 19.1 Å². The molecular weight excluding hydrogens is 354 g/mol. The number of nitrogens with zero attached hydrogens (tertiary/aromatic N) is 4. The number of aliphatic hydroxyl groups excluding tert-OH is 2. The van der Waals surface area contributed by atoms with Gasteiger partial charge < -0.3 is 20.7 Å². The summed E-state index contributed by atoms with van der Waals surface area (Å²) in [5, 5.41) is 25.1. The lowest BCUT2D eigenvalue weighted by atomic mass is 10.0. The molecule has 2 aromatic rings. The number of carbonyl (C=O) groups is 1. The van der Waals surface area contributed by atoms with E-state index in [9.17, 15) is 15.0 Å². The highest BCUT2D eigenvalue weighted by Gasteiger charge is 2.63. The first-order valence-corrected chi connectivity index (χ1v) is 8.49. The lowest BCUT2D eigenvalue weighted by molar-refractivity contribution is -0.161. The molecule has 0 unspecified atom stereocenters. The van der Waals surface area contributed by atoms with Gasteiger partial charge in [-0.3, -0.25) is 14.4 Å². The van der Waals surface area contributed by atoms with E-state index in [1.807, 2.05) is 0 Å². The first-order valence-electron chi connectivity index (χ1n) is 8.49. The minimum Gasteiger partial charge on any atom is -0.453 e. The van der Waals surface area contributed by atoms with Gasteiger partial charge >= 0.3 is 11.7 Å². The monoisotopic (exact) mass is 373 g/mol. The topological polar surface area (TPSA) is 137 Å². The quantitative estimate of drug-likeness (QED) is 0.506. The third-order valence-electron chi connectivity index (χ3n) is 5.32. The van der Waals surface area contributed by atoms with Crippen molar-refractivity contribution in [2.45, 2.75) is 43.8 Å². The summed E-state index contributed by atoms with van der Waals surface area (Å²) in [6.07, 6.45) is -1.33. The number of aliphatic hydroxyl groups is 2. The summed E-state index contributed by atoms with van der Waals surface area (Å²) in [7, 11) is 0. The van der Waals surface area contributed by atoms with E-state index in [2.05, 4.69) is 14.9 Å². The van der Waals surface area contributed by atoms with Crippen LogP contribution in [0.1, 0.15) is 31.6 Å². The third kappa shape index (κ3) is 2.63. The third-order valence-corrected chi connectivity index (χ3v) is 5.32. The molecule has 0 aromatic carbocycles. The molecule has 10 nitrogen and oxygen atoms in total. The molecule has 1 aliphatic heterocycles. The fourth-order valence-electron chi connectivity index (χ4n) is 3.19. The van der Waals surface area contributed by atoms with Crippen molar-refractivity contribution >= 4 is 17.3 Å². The molecule has 0 amide bonds. The predicted molar refractivity (Wildman–Crippen MR) is 90.9 cm³/mol. The highest BCUT2D eigenvalue weighted by molar-refractivity contribution is 5.79. The number of nitrogen functional groups attached to an aromatic ring is 1. The van der Waals surface area contributed by atoms with Gasteiger partial charge in [-0.05, 0) is 31.9 Å². The van der Waals surface area contributed by atoms with Crippen LogP contribution < -0.4 is 5.73 Å². The number of carbonyl (C=O) groups excluding carboxylic acids is 1. The van der Waals surface area contributed by atoms with Gasteiger partial charge in [0.15, 0.2) is 18.5 Å². The normalized spacial score (nSPS) is 31.6. The van der Waals surface area contributed by atoms with Crippen LogP contribution in [0.4, 0.5) is 5.82 Å². The summed E-state index contributed by atoms with van der Waals surface area (Å²) in [5.74, 6) is -0.194. The second-order valence-electron chi connectivity index (χ2n) is 7.27. The molecule has 4 rings (SSSR count). The first kappa shape index (κ1) is 17.7. The highest BCUT2D eigenvalue weighted by atomic mass is 16.6. The Bertz CT molecular complexity index is 949. The van der Waals surface area contributed by atoms with Crippen molar-refractivity contribution in [1.82, 2.24) is 14.6 Å². The van der Waals surface area contributed by atoms with Crippen LogP contribution in [-0.4, -0.2) is 55.3 Å². The molecule has 27 heavy (non-hydrogen) atoms. The molecule has 142 valence electrons. The second kappa shape index (κ2) is 5.88. The Morgan fingerprint density at radius 2 is 2.26 bits per heavy atom. The average molecular weight is 373 g/mol. The van der Waals surface area contributed by atoms with Crippen molar-refractivity contribution < 1.29 is 24.5 Å². The van der Waals surface area contributed by atoms with E-state index in [-0.39, 0.29) is 5.82 Å². The van der Waals surface area contributed by atoms with Crippen LogP contribution in [-0.2, 0) is 14.3 Å². The van der Waals surface area contributed by atoms with Gasteiger partial charge in [-0.1, -0.05) is 0 Å². The van der Waals surface area contributed by atoms with Crippen LogP contribution >= 0.6 is 0 Å². The molecule has 3 heterocycles. The van der Waals surface area contributed by atoms with Crippen molar-refractivity contribution in [3.63, 3.8) is 0 Å². The van der Waals surface area contributed by atoms with Crippen LogP contribution in [0.15, 0.2) is 18.5 Å². The summed E-state index contributed by atoms with van der Waals surface area (Å²) >= 11 is 0. The number of hydrogen-bond acceptors (Lipinski definition) is 8. The standard InChI is InChI=1S/C17H19N5O5/c1-16(5-6-16)15(25)26-7-17(19-2)13(24)11(23)12(27-17)9-3-4-10-14(18)20-8-21-22(9)10/h3-4,8,11-13,23-24H,5-7H2,1H3,(H2,18,20,21)/t11-,12-,13-,17+/m0/s1. The Morgan fingerprint density at radius 1 is 1.52 bits per heavy atom. The number of aromatic nitrogens is 3. The summed E-state index contributed by atoms with van der Waals surface area (Å²) < 4.78 is 12.4. The number of esters is 1. The minimum atomic E-state index is -1.90. The number of hydrogen-bond donors (Lipinski definition) is 3. The molecule has 2 aromatic heterocycles. The minimum absolute atomic E-state index is 0.243. The fourth-order valence-corrected chi connectivity index (χ4v) is 3.19. The average Bonchev–Trinajstić information content (AvgIpc) is 3.18. The lowest BCUT2D eigenvalue weighted by Crippen LogP contribution is -2.45. The molecule has 4 N–H and O–H groups in total. The zero-order valence-electron chi connectivity index (χ0n) is 14.6. The second-order valence-corrected chi connectivity index (χ2v) is 7.27. The van der Waals surface area contributed by atoms with Crippen LogP contribution in [0.3, 0.4) is 0 Å². The maximum Gasteiger partial charge on any atom is 0.400 e. The number of anilines is 1. The maximum atomic E-state index is 12.1. The predicted octanol–water partition coefficient (Wildman–Crippen LogP) is 0.0635. The van der Waals surface area contributed by atoms with Crippen LogP contribution in [0.2, 0.25) is 0 Å². The summed E-state index contributed by atoms with van der Waals surface area (Å²) in [6, 6.07) is 3.27. The number of fused-ring (bicyclic) bond motifs is 1. The summed E-state index contributed by atoms with van der Waals surface area (Å²) in [4.78, 5) is 19.3. The van der Waals surface area contributed by atoms with Gasteiger partial charge in [0, 0.05) is 0 Å². The molecule has 1 aliphatic carbocycles. The molecule has 2 fully saturated rings. The molecule has 1 saturated carbocycles. The largest absolute Gasteiger partial charge is 0.453 e. The first-order chi connectivity index (χ1) is 12.8. The molecular formula is C17H19N5O5. The van der Waals surface area contributed by atoms with Crippen LogP contribution in [0.25, 0.3) is 10.4 Å². The molecule has 1 saturated heterocycles. The SMILES string of the molecule is [C-]#[N+][C@]1(COC(=O)C2(C)CC2)O[C@@H](c2ccc3c(N)ncnn23)[C@H](O)[C@@H]1O. The van der Waals surface area contributed by atoms with Gasteiger partial charge in [0.2, 0.25) is 0 Å². The van der Waals surface area contributed by atoms with Gasteiger partial charge in [-0.2, -0.15) is 5.10 Å². The van der Waals surface area contributed by atoms with E-state index in [4.69, 9.17) is 21.8 Å². The molecule has 2 aliphatic rings. The summed E-state index contributed by atoms with van der Waals surface area (Å²) in [6.45, 7) is 8.79. The smallest absolute Gasteiger partial charge is 0.400 e. The van der Waals surface area contributed by atoms with Gasteiger partial charge in [-0.25, -0.2) is 16.1 Å². The zero-order chi connectivity index (χ0) is 19.4. The van der Waals surface area contributed by atoms with Crippen molar-refractivity contribution in [3.05, 3.63) is 35.6 Å². The van der Waals surface area contributed by atoms with Gasteiger partial charge in [0.1, 0.15) is 24.1 Å². The maximum absolute atomic E-state index is 12.1. The highest BCUT2D eigenvalue weighted by Crippen LogP contribution is 2.47. The van der Waals surface area contributed by atoms with Gasteiger partial charge in [0.05, 0.1) is 11.1 Å². The van der Waals surface area contributed by atoms with Crippen molar-refractivity contribution in [2.24, 2.45) is 5.41 Å². The molecule has 0 radical (unpaired) electrons. The van der Waals surface area contributed by atoms with E-state index >= 15 is 0 Å². The van der Waals surface area contributed by atoms with Crippen LogP contribution in [0.5, 0.6) is 0 Å². The molecule has 4 atom stereocenters. The Balaban J connectivity index is 1.61. The molecule has 0 bridgehead atoms. The fraction of sp³-hybridized carbons (Fsp3) is 0.529. The zero-order valence-corrected chi connectivity index (χ0v) is 14.6. The number of ether oxygens (including phenoxy) is 2. The lowest BCUT2D eigenvalue weighted by Gasteiger charge is -2.20. The van der Waals surface area contributed by atoms with Crippen molar-refractivity contribution in [2.75, 3.05) is 12.3 Å². The van der Waals surface area contributed by atoms with Crippen molar-refractivity contribution in [3.8, 4) is 0 Å². The van der Waals surface area contributed by atoms with Gasteiger partial charge in [0.25, 0.3) is 0 Å². The van der Waals surface area contributed by atoms with E-state index in [0.717, 1.165) is 12.8 Å². The molecule has 10 heteroatoms. The van der Waals surface area contributed by atoms with Crippen LogP contribution in [0, 0.1) is 12.0 Å². The Labute approximate surface area is 154 Å².